The van der Waals surface area contributed by atoms with Gasteiger partial charge >= 0.3 is 0 Å². The molecule has 5 heteroatoms. The lowest BCUT2D eigenvalue weighted by molar-refractivity contribution is -0.126. The van der Waals surface area contributed by atoms with Crippen molar-refractivity contribution in [1.82, 2.24) is 5.32 Å². The van der Waals surface area contributed by atoms with E-state index in [1.165, 1.54) is 0 Å². The minimum atomic E-state index is -0.276. The zero-order valence-corrected chi connectivity index (χ0v) is 13.4. The Morgan fingerprint density at radius 1 is 1.52 bits per heavy atom. The molecule has 1 fully saturated rings. The predicted octanol–water partition coefficient (Wildman–Crippen LogP) is 2.92. The van der Waals surface area contributed by atoms with Crippen LogP contribution in [0.1, 0.15) is 32.3 Å². The summed E-state index contributed by atoms with van der Waals surface area (Å²) < 4.78 is 0. The molecule has 2 atom stereocenters. The van der Waals surface area contributed by atoms with E-state index in [-0.39, 0.29) is 30.2 Å². The lowest BCUT2D eigenvalue weighted by atomic mass is 10.1. The first kappa shape index (κ1) is 15.8. The molecule has 0 aromatic heterocycles. The third kappa shape index (κ3) is 3.56. The Morgan fingerprint density at radius 3 is 2.86 bits per heavy atom. The quantitative estimate of drug-likeness (QED) is 0.929. The first-order chi connectivity index (χ1) is 9.92. The number of amides is 2. The molecule has 4 nitrogen and oxygen atoms in total. The normalized spacial score (nSPS) is 19.7. The monoisotopic (exact) mass is 308 g/mol. The Bertz CT molecular complexity index is 559. The van der Waals surface area contributed by atoms with E-state index in [0.717, 1.165) is 17.7 Å². The molecule has 1 saturated heterocycles. The van der Waals surface area contributed by atoms with Gasteiger partial charge in [0.2, 0.25) is 11.8 Å². The van der Waals surface area contributed by atoms with E-state index in [4.69, 9.17) is 11.6 Å². The molecular weight excluding hydrogens is 288 g/mol. The van der Waals surface area contributed by atoms with Crippen molar-refractivity contribution < 1.29 is 9.59 Å². The number of carbonyl (C=O) groups excluding carboxylic acids is 2. The van der Waals surface area contributed by atoms with E-state index < -0.39 is 0 Å². The molecule has 0 spiro atoms. The molecule has 1 aromatic rings. The Kier molecular flexibility index (Phi) is 4.88. The SMILES string of the molecule is CCC(C)NC(=O)C1CC(=O)N(c2ccc(Cl)cc2C)C1. The second-order valence-electron chi connectivity index (χ2n) is 5.65. The summed E-state index contributed by atoms with van der Waals surface area (Å²) in [6.07, 6.45) is 1.15. The summed E-state index contributed by atoms with van der Waals surface area (Å²) in [6, 6.07) is 5.57. The zero-order chi connectivity index (χ0) is 15.6. The highest BCUT2D eigenvalue weighted by Crippen LogP contribution is 2.29. The van der Waals surface area contributed by atoms with Gasteiger partial charge in [0.05, 0.1) is 5.92 Å². The van der Waals surface area contributed by atoms with Crippen molar-refractivity contribution >= 4 is 29.1 Å². The van der Waals surface area contributed by atoms with E-state index in [9.17, 15) is 9.59 Å². The van der Waals surface area contributed by atoms with Crippen LogP contribution in [-0.4, -0.2) is 24.4 Å². The van der Waals surface area contributed by atoms with Crippen molar-refractivity contribution in [2.45, 2.75) is 39.7 Å². The highest BCUT2D eigenvalue weighted by Gasteiger charge is 2.35. The standard InChI is InChI=1S/C16H21ClN2O2/c1-4-11(3)18-16(21)12-8-15(20)19(9-12)14-6-5-13(17)7-10(14)2/h5-7,11-12H,4,8-9H2,1-3H3,(H,18,21). The van der Waals surface area contributed by atoms with Crippen molar-refractivity contribution in [2.24, 2.45) is 5.92 Å². The van der Waals surface area contributed by atoms with Crippen molar-refractivity contribution in [3.05, 3.63) is 28.8 Å². The highest BCUT2D eigenvalue weighted by molar-refractivity contribution is 6.30. The van der Waals surface area contributed by atoms with Gasteiger partial charge in [-0.15, -0.1) is 0 Å². The number of nitrogens with zero attached hydrogens (tertiary/aromatic N) is 1. The van der Waals surface area contributed by atoms with Gasteiger partial charge in [0.1, 0.15) is 0 Å². The molecule has 1 aromatic carbocycles. The number of carbonyl (C=O) groups is 2. The van der Waals surface area contributed by atoms with Gasteiger partial charge in [-0.1, -0.05) is 18.5 Å². The highest BCUT2D eigenvalue weighted by atomic mass is 35.5. The Morgan fingerprint density at radius 2 is 2.24 bits per heavy atom. The molecule has 1 aliphatic rings. The summed E-state index contributed by atoms with van der Waals surface area (Å²) in [5, 5.41) is 3.60. The summed E-state index contributed by atoms with van der Waals surface area (Å²) in [6.45, 7) is 6.34. The van der Waals surface area contributed by atoms with E-state index in [1.54, 1.807) is 11.0 Å². The molecule has 114 valence electrons. The van der Waals surface area contributed by atoms with Gasteiger partial charge in [-0.25, -0.2) is 0 Å². The lowest BCUT2D eigenvalue weighted by Crippen LogP contribution is -2.38. The number of rotatable bonds is 4. The number of aryl methyl sites for hydroxylation is 1. The maximum Gasteiger partial charge on any atom is 0.227 e. The molecular formula is C16H21ClN2O2. The van der Waals surface area contributed by atoms with Gasteiger partial charge in [-0.2, -0.15) is 0 Å². The average Bonchev–Trinajstić information content (AvgIpc) is 2.80. The minimum absolute atomic E-state index is 0.00951. The van der Waals surface area contributed by atoms with Crippen LogP contribution in [0.5, 0.6) is 0 Å². The van der Waals surface area contributed by atoms with Crippen LogP contribution in [-0.2, 0) is 9.59 Å². The minimum Gasteiger partial charge on any atom is -0.353 e. The first-order valence-electron chi connectivity index (χ1n) is 7.29. The molecule has 2 amide bonds. The van der Waals surface area contributed by atoms with Crippen molar-refractivity contribution in [3.8, 4) is 0 Å². The number of hydrogen-bond donors (Lipinski definition) is 1. The fourth-order valence-corrected chi connectivity index (χ4v) is 2.73. The van der Waals surface area contributed by atoms with Gasteiger partial charge in [0.15, 0.2) is 0 Å². The number of hydrogen-bond acceptors (Lipinski definition) is 2. The van der Waals surface area contributed by atoms with E-state index in [1.807, 2.05) is 32.9 Å². The van der Waals surface area contributed by atoms with E-state index >= 15 is 0 Å². The smallest absolute Gasteiger partial charge is 0.227 e. The van der Waals surface area contributed by atoms with Gasteiger partial charge in [-0.05, 0) is 44.0 Å². The number of benzene rings is 1. The van der Waals surface area contributed by atoms with Crippen molar-refractivity contribution in [1.29, 1.82) is 0 Å². The molecule has 1 aliphatic heterocycles. The molecule has 0 saturated carbocycles. The Hall–Kier alpha value is -1.55. The van der Waals surface area contributed by atoms with Gasteiger partial charge in [0, 0.05) is 29.7 Å². The number of nitrogens with one attached hydrogen (secondary N) is 1. The molecule has 0 radical (unpaired) electrons. The summed E-state index contributed by atoms with van der Waals surface area (Å²) >= 11 is 5.94. The van der Waals surface area contributed by atoms with Gasteiger partial charge < -0.3 is 10.2 Å². The van der Waals surface area contributed by atoms with Crippen LogP contribution in [0.25, 0.3) is 0 Å². The molecule has 1 heterocycles. The van der Waals surface area contributed by atoms with Crippen molar-refractivity contribution in [3.63, 3.8) is 0 Å². The van der Waals surface area contributed by atoms with Crippen LogP contribution in [0.2, 0.25) is 5.02 Å². The van der Waals surface area contributed by atoms with Crippen LogP contribution in [0.4, 0.5) is 5.69 Å². The van der Waals surface area contributed by atoms with Crippen LogP contribution < -0.4 is 10.2 Å². The van der Waals surface area contributed by atoms with E-state index in [0.29, 0.717) is 11.6 Å². The molecule has 0 aliphatic carbocycles. The maximum atomic E-state index is 12.2. The second kappa shape index (κ2) is 6.48. The summed E-state index contributed by atoms with van der Waals surface area (Å²) in [4.78, 5) is 26.0. The maximum absolute atomic E-state index is 12.2. The van der Waals surface area contributed by atoms with Gasteiger partial charge in [0.25, 0.3) is 0 Å². The van der Waals surface area contributed by atoms with Gasteiger partial charge in [-0.3, -0.25) is 9.59 Å². The average molecular weight is 309 g/mol. The summed E-state index contributed by atoms with van der Waals surface area (Å²) in [7, 11) is 0. The molecule has 2 rings (SSSR count). The third-order valence-electron chi connectivity index (χ3n) is 3.95. The summed E-state index contributed by atoms with van der Waals surface area (Å²) in [5.74, 6) is -0.321. The molecule has 0 bridgehead atoms. The fraction of sp³-hybridized carbons (Fsp3) is 0.500. The molecule has 2 unspecified atom stereocenters. The van der Waals surface area contributed by atoms with Crippen LogP contribution in [0.3, 0.4) is 0 Å². The summed E-state index contributed by atoms with van der Waals surface area (Å²) in [5.41, 5.74) is 1.78. The number of anilines is 1. The predicted molar refractivity (Wildman–Crippen MR) is 84.5 cm³/mol. The van der Waals surface area contributed by atoms with E-state index in [2.05, 4.69) is 5.32 Å². The number of halogens is 1. The third-order valence-corrected chi connectivity index (χ3v) is 4.18. The Labute approximate surface area is 130 Å². The second-order valence-corrected chi connectivity index (χ2v) is 6.09. The van der Waals surface area contributed by atoms with Crippen LogP contribution in [0.15, 0.2) is 18.2 Å². The topological polar surface area (TPSA) is 49.4 Å². The molecule has 21 heavy (non-hydrogen) atoms. The molecule has 1 N–H and O–H groups in total. The fourth-order valence-electron chi connectivity index (χ4n) is 2.50. The largest absolute Gasteiger partial charge is 0.353 e. The van der Waals surface area contributed by atoms with Crippen molar-refractivity contribution in [2.75, 3.05) is 11.4 Å². The Balaban J connectivity index is 2.11. The van der Waals surface area contributed by atoms with Crippen LogP contribution in [0, 0.1) is 12.8 Å². The zero-order valence-electron chi connectivity index (χ0n) is 12.6. The lowest BCUT2D eigenvalue weighted by Gasteiger charge is -2.20. The first-order valence-corrected chi connectivity index (χ1v) is 7.67. The van der Waals surface area contributed by atoms with Crippen LogP contribution >= 0.6 is 11.6 Å².